The first-order valence-electron chi connectivity index (χ1n) is 9.72. The number of carbonyl (C=O) groups excluding carboxylic acids is 2. The summed E-state index contributed by atoms with van der Waals surface area (Å²) in [5, 5.41) is 0.367. The largest absolute Gasteiger partial charge is 0.293 e. The Balaban J connectivity index is 1.32. The number of thioether (sulfide) groups is 2. The Morgan fingerprint density at radius 1 is 0.654 bits per heavy atom. The van der Waals surface area contributed by atoms with Gasteiger partial charge in [0.15, 0.2) is 11.6 Å². The summed E-state index contributed by atoms with van der Waals surface area (Å²) >= 11 is 3.29. The highest BCUT2D eigenvalue weighted by Crippen LogP contribution is 2.67. The highest BCUT2D eigenvalue weighted by Gasteiger charge is 2.60. The average molecular weight is 395 g/mol. The molecular weight excluding hydrogens is 374 g/mol. The fraction of sp³-hybridized carbons (Fsp3) is 0.700. The van der Waals surface area contributed by atoms with Crippen LogP contribution in [-0.2, 0) is 9.59 Å². The Labute approximate surface area is 159 Å². The summed E-state index contributed by atoms with van der Waals surface area (Å²) in [6, 6.07) is 0. The van der Waals surface area contributed by atoms with Crippen molar-refractivity contribution in [2.75, 3.05) is 0 Å². The monoisotopic (exact) mass is 394 g/mol. The maximum atomic E-state index is 13.8. The van der Waals surface area contributed by atoms with Gasteiger partial charge in [0.25, 0.3) is 0 Å². The second-order valence-corrected chi connectivity index (χ2v) is 10.9. The van der Waals surface area contributed by atoms with Gasteiger partial charge in [0.2, 0.25) is 0 Å². The third-order valence-corrected chi connectivity index (χ3v) is 10.5. The topological polar surface area (TPSA) is 34.1 Å². The number of halogens is 2. The normalized spacial score (nSPS) is 49.3. The van der Waals surface area contributed by atoms with E-state index < -0.39 is 12.3 Å². The van der Waals surface area contributed by atoms with Gasteiger partial charge in [0, 0.05) is 22.3 Å². The maximum absolute atomic E-state index is 13.8. The molecule has 2 saturated carbocycles. The van der Waals surface area contributed by atoms with Crippen LogP contribution in [0.2, 0.25) is 0 Å². The van der Waals surface area contributed by atoms with Gasteiger partial charge in [-0.2, -0.15) is 0 Å². The molecule has 0 spiro atoms. The van der Waals surface area contributed by atoms with Gasteiger partial charge in [0.1, 0.15) is 12.3 Å². The predicted octanol–water partition coefficient (Wildman–Crippen LogP) is 4.40. The summed E-state index contributed by atoms with van der Waals surface area (Å²) < 4.78 is 27.7. The van der Waals surface area contributed by atoms with E-state index in [0.29, 0.717) is 25.7 Å². The summed E-state index contributed by atoms with van der Waals surface area (Å²) in [6.07, 6.45) is 1.65. The lowest BCUT2D eigenvalue weighted by molar-refractivity contribution is -0.120. The van der Waals surface area contributed by atoms with E-state index in [9.17, 15) is 18.4 Å². The van der Waals surface area contributed by atoms with Gasteiger partial charge >= 0.3 is 0 Å². The summed E-state index contributed by atoms with van der Waals surface area (Å²) in [5.41, 5.74) is 2.45. The Kier molecular flexibility index (Phi) is 3.44. The van der Waals surface area contributed by atoms with Crippen LogP contribution < -0.4 is 0 Å². The van der Waals surface area contributed by atoms with E-state index in [4.69, 9.17) is 0 Å². The van der Waals surface area contributed by atoms with E-state index in [1.54, 1.807) is 23.5 Å². The summed E-state index contributed by atoms with van der Waals surface area (Å²) in [5.74, 6) is 0.349. The van der Waals surface area contributed by atoms with Crippen LogP contribution in [0.3, 0.4) is 0 Å². The molecule has 0 N–H and O–H groups in total. The number of alkyl halides is 2. The quantitative estimate of drug-likeness (QED) is 0.610. The van der Waals surface area contributed by atoms with Crippen molar-refractivity contribution in [3.8, 4) is 0 Å². The number of hydrogen-bond acceptors (Lipinski definition) is 4. The van der Waals surface area contributed by atoms with Crippen LogP contribution in [0.15, 0.2) is 21.0 Å². The first-order chi connectivity index (χ1) is 12.5. The molecule has 8 atom stereocenters. The molecule has 0 aromatic carbocycles. The van der Waals surface area contributed by atoms with Crippen molar-refractivity contribution < 1.29 is 18.4 Å². The van der Waals surface area contributed by atoms with Gasteiger partial charge in [-0.1, -0.05) is 0 Å². The Morgan fingerprint density at radius 2 is 1.08 bits per heavy atom. The molecule has 6 heteroatoms. The zero-order valence-corrected chi connectivity index (χ0v) is 15.9. The molecule has 0 aromatic heterocycles. The minimum Gasteiger partial charge on any atom is -0.293 e. The molecule has 2 heterocycles. The van der Waals surface area contributed by atoms with Crippen molar-refractivity contribution in [3.05, 3.63) is 21.0 Å². The maximum Gasteiger partial charge on any atom is 0.172 e. The van der Waals surface area contributed by atoms with Crippen LogP contribution in [0.25, 0.3) is 0 Å². The average Bonchev–Trinajstić information content (AvgIpc) is 3.29. The third kappa shape index (κ3) is 1.96. The minimum atomic E-state index is -0.849. The van der Waals surface area contributed by atoms with Crippen molar-refractivity contribution in [2.24, 2.45) is 23.7 Å². The predicted molar refractivity (Wildman–Crippen MR) is 98.3 cm³/mol. The van der Waals surface area contributed by atoms with Crippen molar-refractivity contribution in [1.82, 2.24) is 0 Å². The Bertz CT molecular complexity index is 738. The molecular formula is C20H20F2O2S2. The fourth-order valence-electron chi connectivity index (χ4n) is 6.28. The number of rotatable bonds is 0. The molecule has 6 rings (SSSR count). The lowest BCUT2D eigenvalue weighted by Gasteiger charge is -2.34. The van der Waals surface area contributed by atoms with Crippen LogP contribution in [0.1, 0.15) is 38.5 Å². The molecule has 2 aliphatic heterocycles. The van der Waals surface area contributed by atoms with Gasteiger partial charge in [-0.25, -0.2) is 8.78 Å². The lowest BCUT2D eigenvalue weighted by Crippen LogP contribution is -2.34. The van der Waals surface area contributed by atoms with Crippen LogP contribution >= 0.6 is 23.5 Å². The number of Topliss-reactive ketones (excluding diaryl/α,β-unsaturated/α-hetero) is 2. The highest BCUT2D eigenvalue weighted by molar-refractivity contribution is 8.10. The molecule has 2 nitrogen and oxygen atoms in total. The number of allylic oxidation sites excluding steroid dienone is 2. The molecule has 8 unspecified atom stereocenters. The summed E-state index contributed by atoms with van der Waals surface area (Å²) in [6.45, 7) is 0. The molecule has 2 fully saturated rings. The molecule has 26 heavy (non-hydrogen) atoms. The van der Waals surface area contributed by atoms with E-state index in [2.05, 4.69) is 0 Å². The SMILES string of the molecule is O=C1C2=C(C3CCC(F)CC13)C1SC3=C(C4CCC(F)CC4C3=O)C1S2. The molecule has 4 aliphatic carbocycles. The zero-order valence-electron chi connectivity index (χ0n) is 14.3. The molecule has 6 aliphatic rings. The summed E-state index contributed by atoms with van der Waals surface area (Å²) in [7, 11) is 0. The second kappa shape index (κ2) is 5.47. The molecule has 0 bridgehead atoms. The Hall–Kier alpha value is -0.620. The van der Waals surface area contributed by atoms with Crippen molar-refractivity contribution >= 4 is 35.1 Å². The van der Waals surface area contributed by atoms with Crippen LogP contribution in [-0.4, -0.2) is 34.4 Å². The summed E-state index contributed by atoms with van der Waals surface area (Å²) in [4.78, 5) is 27.6. The van der Waals surface area contributed by atoms with Gasteiger partial charge in [0.05, 0.1) is 9.81 Å². The third-order valence-electron chi connectivity index (χ3n) is 7.39. The standard InChI is InChI=1S/C20H20F2O2S2/c21-7-1-3-9-11(5-7)15(23)17-13(9)19-20(25-17)14-10-4-2-8(22)6-12(10)16(24)18(14)26-19/h7-12,19-20H,1-6H2. The van der Waals surface area contributed by atoms with Crippen LogP contribution in [0.4, 0.5) is 8.78 Å². The number of hydrogen-bond donors (Lipinski definition) is 0. The van der Waals surface area contributed by atoms with E-state index in [1.165, 1.54) is 11.1 Å². The highest BCUT2D eigenvalue weighted by atomic mass is 32.2. The molecule has 138 valence electrons. The van der Waals surface area contributed by atoms with Gasteiger partial charge in [-0.15, -0.1) is 23.5 Å². The van der Waals surface area contributed by atoms with E-state index in [1.807, 2.05) is 0 Å². The van der Waals surface area contributed by atoms with Crippen molar-refractivity contribution in [1.29, 1.82) is 0 Å². The first-order valence-corrected chi connectivity index (χ1v) is 11.5. The van der Waals surface area contributed by atoms with Crippen LogP contribution in [0, 0.1) is 23.7 Å². The van der Waals surface area contributed by atoms with E-state index >= 15 is 0 Å². The zero-order chi connectivity index (χ0) is 17.7. The lowest BCUT2D eigenvalue weighted by atomic mass is 9.74. The first kappa shape index (κ1) is 16.3. The van der Waals surface area contributed by atoms with Crippen LogP contribution in [0.5, 0.6) is 0 Å². The van der Waals surface area contributed by atoms with Gasteiger partial charge in [-0.05, 0) is 61.5 Å². The minimum absolute atomic E-state index is 0.155. The second-order valence-electron chi connectivity index (χ2n) is 8.62. The number of fused-ring (bicyclic) bond motifs is 7. The smallest absolute Gasteiger partial charge is 0.172 e. The van der Waals surface area contributed by atoms with Gasteiger partial charge < -0.3 is 0 Å². The molecule has 0 amide bonds. The van der Waals surface area contributed by atoms with E-state index in [-0.39, 0.29) is 45.7 Å². The number of ketones is 2. The Morgan fingerprint density at radius 3 is 1.50 bits per heavy atom. The van der Waals surface area contributed by atoms with Crippen molar-refractivity contribution in [3.63, 3.8) is 0 Å². The molecule has 0 saturated heterocycles. The fourth-order valence-corrected chi connectivity index (χ4v) is 10.0. The van der Waals surface area contributed by atoms with E-state index in [0.717, 1.165) is 22.7 Å². The molecule has 0 radical (unpaired) electrons. The molecule has 0 aromatic rings. The van der Waals surface area contributed by atoms with Gasteiger partial charge in [-0.3, -0.25) is 9.59 Å². The number of carbonyl (C=O) groups is 2. The van der Waals surface area contributed by atoms with Crippen molar-refractivity contribution in [2.45, 2.75) is 61.4 Å².